The molecule has 0 aliphatic rings. The fourth-order valence-corrected chi connectivity index (χ4v) is 3.52. The molecule has 1 N–H and O–H groups in total. The summed E-state index contributed by atoms with van der Waals surface area (Å²) >= 11 is 7.56. The summed E-state index contributed by atoms with van der Waals surface area (Å²) in [5.41, 5.74) is 2.02. The predicted molar refractivity (Wildman–Crippen MR) is 110 cm³/mol. The van der Waals surface area contributed by atoms with Crippen LogP contribution in [0.4, 0.5) is 5.69 Å². The smallest absolute Gasteiger partial charge is 0.290 e. The average Bonchev–Trinajstić information content (AvgIpc) is 2.97. The van der Waals surface area contributed by atoms with Crippen molar-refractivity contribution in [3.05, 3.63) is 58.8 Å². The van der Waals surface area contributed by atoms with Gasteiger partial charge in [-0.1, -0.05) is 23.7 Å². The van der Waals surface area contributed by atoms with Gasteiger partial charge >= 0.3 is 0 Å². The molecule has 0 unspecified atom stereocenters. The molecule has 3 rings (SSSR count). The lowest BCUT2D eigenvalue weighted by Crippen LogP contribution is -2.35. The van der Waals surface area contributed by atoms with Gasteiger partial charge in [0.25, 0.3) is 5.91 Å². The maximum absolute atomic E-state index is 12.7. The second kappa shape index (κ2) is 8.06. The van der Waals surface area contributed by atoms with E-state index in [0.29, 0.717) is 16.2 Å². The largest absolute Gasteiger partial charge is 0.451 e. The zero-order valence-electron chi connectivity index (χ0n) is 15.2. The van der Waals surface area contributed by atoms with Gasteiger partial charge < -0.3 is 14.6 Å². The van der Waals surface area contributed by atoms with E-state index in [1.165, 1.54) is 4.90 Å². The summed E-state index contributed by atoms with van der Waals surface area (Å²) in [6, 6.07) is 12.7. The number of thioether (sulfide) groups is 1. The summed E-state index contributed by atoms with van der Waals surface area (Å²) in [6.07, 6.45) is 1.94. The van der Waals surface area contributed by atoms with E-state index in [2.05, 4.69) is 5.32 Å². The fourth-order valence-electron chi connectivity index (χ4n) is 2.80. The van der Waals surface area contributed by atoms with Crippen molar-refractivity contribution in [1.29, 1.82) is 0 Å². The molecular formula is C20H19ClN2O3S. The molecule has 0 atom stereocenters. The molecule has 0 radical (unpaired) electrons. The first-order valence-corrected chi connectivity index (χ1v) is 9.88. The number of fused-ring (bicyclic) bond motifs is 1. The summed E-state index contributed by atoms with van der Waals surface area (Å²) in [5.74, 6) is -0.413. The number of furan rings is 1. The van der Waals surface area contributed by atoms with Crippen molar-refractivity contribution in [3.63, 3.8) is 0 Å². The van der Waals surface area contributed by atoms with E-state index >= 15 is 0 Å². The zero-order valence-corrected chi connectivity index (χ0v) is 16.8. The highest BCUT2D eigenvalue weighted by atomic mass is 35.5. The minimum absolute atomic E-state index is 0.0845. The van der Waals surface area contributed by atoms with Gasteiger partial charge in [-0.3, -0.25) is 9.59 Å². The number of nitrogens with zero attached hydrogens (tertiary/aromatic N) is 1. The van der Waals surface area contributed by atoms with E-state index in [0.717, 1.165) is 16.0 Å². The van der Waals surface area contributed by atoms with Crippen molar-refractivity contribution in [2.45, 2.75) is 11.8 Å². The average molecular weight is 403 g/mol. The van der Waals surface area contributed by atoms with Crippen LogP contribution in [0, 0.1) is 6.92 Å². The second-order valence-corrected chi connectivity index (χ2v) is 7.39. The van der Waals surface area contributed by atoms with Crippen LogP contribution in [0.2, 0.25) is 5.02 Å². The summed E-state index contributed by atoms with van der Waals surface area (Å²) in [5, 5.41) is 4.21. The Morgan fingerprint density at radius 2 is 1.96 bits per heavy atom. The van der Waals surface area contributed by atoms with Crippen LogP contribution >= 0.6 is 23.4 Å². The van der Waals surface area contributed by atoms with E-state index in [4.69, 9.17) is 16.0 Å². The molecule has 27 heavy (non-hydrogen) atoms. The van der Waals surface area contributed by atoms with Gasteiger partial charge in [0.05, 0.1) is 12.2 Å². The van der Waals surface area contributed by atoms with Gasteiger partial charge in [0.1, 0.15) is 5.58 Å². The highest BCUT2D eigenvalue weighted by molar-refractivity contribution is 7.98. The Kier molecular flexibility index (Phi) is 5.77. The van der Waals surface area contributed by atoms with Crippen LogP contribution in [0.25, 0.3) is 11.0 Å². The number of carbonyl (C=O) groups is 2. The van der Waals surface area contributed by atoms with Gasteiger partial charge in [-0.2, -0.15) is 0 Å². The van der Waals surface area contributed by atoms with E-state index in [9.17, 15) is 9.59 Å². The fraction of sp³-hybridized carbons (Fsp3) is 0.200. The lowest BCUT2D eigenvalue weighted by atomic mass is 10.1. The highest BCUT2D eigenvalue weighted by Gasteiger charge is 2.22. The Labute approximate surface area is 166 Å². The molecule has 1 heterocycles. The molecule has 2 amide bonds. The maximum Gasteiger partial charge on any atom is 0.290 e. The maximum atomic E-state index is 12.7. The molecule has 5 nitrogen and oxygen atoms in total. The lowest BCUT2D eigenvalue weighted by Gasteiger charge is -2.16. The van der Waals surface area contributed by atoms with E-state index in [1.54, 1.807) is 43.9 Å². The summed E-state index contributed by atoms with van der Waals surface area (Å²) in [6.45, 7) is 1.72. The molecule has 3 aromatic rings. The third-order valence-electron chi connectivity index (χ3n) is 4.20. The Bertz CT molecular complexity index is 1020. The summed E-state index contributed by atoms with van der Waals surface area (Å²) in [7, 11) is 1.57. The minimum Gasteiger partial charge on any atom is -0.451 e. The Morgan fingerprint density at radius 1 is 1.22 bits per heavy atom. The second-order valence-electron chi connectivity index (χ2n) is 6.11. The number of nitrogens with one attached hydrogen (secondary N) is 1. The number of halogens is 1. The number of benzene rings is 2. The molecule has 7 heteroatoms. The number of amides is 2. The zero-order chi connectivity index (χ0) is 19.6. The van der Waals surface area contributed by atoms with Gasteiger partial charge in [-0.25, -0.2) is 0 Å². The number of anilines is 1. The standard InChI is InChI=1S/C20H19ClN2O3S/c1-12-14-10-13(21)8-9-16(14)26-19(12)20(25)23(2)11-18(24)22-15-6-4-5-7-17(15)27-3/h4-10H,11H2,1-3H3,(H,22,24). The van der Waals surface area contributed by atoms with E-state index in [-0.39, 0.29) is 24.1 Å². The number of hydrogen-bond acceptors (Lipinski definition) is 4. The molecule has 0 aliphatic heterocycles. The van der Waals surface area contributed by atoms with Crippen molar-refractivity contribution in [3.8, 4) is 0 Å². The summed E-state index contributed by atoms with van der Waals surface area (Å²) < 4.78 is 5.69. The van der Waals surface area contributed by atoms with Crippen LogP contribution in [0.5, 0.6) is 0 Å². The van der Waals surface area contributed by atoms with Crippen molar-refractivity contribution in [1.82, 2.24) is 4.90 Å². The number of rotatable bonds is 5. The molecule has 140 valence electrons. The Balaban J connectivity index is 1.74. The normalized spacial score (nSPS) is 10.8. The van der Waals surface area contributed by atoms with Crippen molar-refractivity contribution in [2.75, 3.05) is 25.2 Å². The van der Waals surface area contributed by atoms with Crippen LogP contribution in [0.3, 0.4) is 0 Å². The van der Waals surface area contributed by atoms with Crippen LogP contribution < -0.4 is 5.32 Å². The Hall–Kier alpha value is -2.44. The van der Waals surface area contributed by atoms with Gasteiger partial charge in [0.15, 0.2) is 5.76 Å². The first-order chi connectivity index (χ1) is 12.9. The number of para-hydroxylation sites is 1. The van der Waals surface area contributed by atoms with E-state index < -0.39 is 0 Å². The number of aryl methyl sites for hydroxylation is 1. The first kappa shape index (κ1) is 19.3. The van der Waals surface area contributed by atoms with Crippen LogP contribution in [-0.4, -0.2) is 36.6 Å². The van der Waals surface area contributed by atoms with Crippen molar-refractivity contribution >= 4 is 51.8 Å². The highest BCUT2D eigenvalue weighted by Crippen LogP contribution is 2.28. The molecule has 0 saturated heterocycles. The van der Waals surface area contributed by atoms with Crippen LogP contribution in [0.15, 0.2) is 51.8 Å². The molecule has 0 bridgehead atoms. The molecule has 0 spiro atoms. The van der Waals surface area contributed by atoms with E-state index in [1.807, 2.05) is 30.5 Å². The van der Waals surface area contributed by atoms with Gasteiger partial charge in [-0.15, -0.1) is 11.8 Å². The van der Waals surface area contributed by atoms with Gasteiger partial charge in [0.2, 0.25) is 5.91 Å². The predicted octanol–water partition coefficient (Wildman–Crippen LogP) is 4.83. The quantitative estimate of drug-likeness (QED) is 0.621. The minimum atomic E-state index is -0.354. The van der Waals surface area contributed by atoms with Crippen molar-refractivity contribution < 1.29 is 14.0 Å². The molecule has 0 fully saturated rings. The van der Waals surface area contributed by atoms with Gasteiger partial charge in [0, 0.05) is 27.9 Å². The first-order valence-electron chi connectivity index (χ1n) is 8.27. The lowest BCUT2D eigenvalue weighted by molar-refractivity contribution is -0.116. The number of likely N-dealkylation sites (N-methyl/N-ethyl adjacent to an activating group) is 1. The van der Waals surface area contributed by atoms with Crippen molar-refractivity contribution in [2.24, 2.45) is 0 Å². The third kappa shape index (κ3) is 4.12. The SMILES string of the molecule is CSc1ccccc1NC(=O)CN(C)C(=O)c1oc2ccc(Cl)cc2c1C. The summed E-state index contributed by atoms with van der Waals surface area (Å²) in [4.78, 5) is 27.4. The monoisotopic (exact) mass is 402 g/mol. The number of hydrogen-bond donors (Lipinski definition) is 1. The molecule has 1 aromatic heterocycles. The third-order valence-corrected chi connectivity index (χ3v) is 5.23. The van der Waals surface area contributed by atoms with Crippen LogP contribution in [-0.2, 0) is 4.79 Å². The topological polar surface area (TPSA) is 62.6 Å². The Morgan fingerprint density at radius 3 is 2.70 bits per heavy atom. The molecular weight excluding hydrogens is 384 g/mol. The molecule has 2 aromatic carbocycles. The molecule has 0 aliphatic carbocycles. The molecule has 0 saturated carbocycles. The van der Waals surface area contributed by atoms with Crippen LogP contribution in [0.1, 0.15) is 16.1 Å². The number of carbonyl (C=O) groups excluding carboxylic acids is 2. The van der Waals surface area contributed by atoms with Gasteiger partial charge in [-0.05, 0) is 43.5 Å².